The quantitative estimate of drug-likeness (QED) is 0.847. The van der Waals surface area contributed by atoms with Crippen molar-refractivity contribution < 1.29 is 9.15 Å². The van der Waals surface area contributed by atoms with Crippen LogP contribution in [0.4, 0.5) is 0 Å². The number of nitrogens with one attached hydrogen (secondary N) is 2. The van der Waals surface area contributed by atoms with Crippen molar-refractivity contribution in [3.05, 3.63) is 30.0 Å². The lowest BCUT2D eigenvalue weighted by Crippen LogP contribution is -2.37. The second kappa shape index (κ2) is 5.32. The van der Waals surface area contributed by atoms with Crippen LogP contribution in [0.15, 0.2) is 28.7 Å². The lowest BCUT2D eigenvalue weighted by atomic mass is 10.2. The standard InChI is InChI=1S/C15H18N2O2S/c1-9(16-15(20)17-11-6-7-11)13-8-10-4-3-5-12(18-2)14(10)19-13/h3-5,8-9,11H,6-7H2,1-2H3,(H2,16,17,20)/t9-/m1/s1. The van der Waals surface area contributed by atoms with Crippen molar-refractivity contribution in [2.45, 2.75) is 31.8 Å². The summed E-state index contributed by atoms with van der Waals surface area (Å²) in [7, 11) is 1.65. The van der Waals surface area contributed by atoms with Gasteiger partial charge in [-0.05, 0) is 44.1 Å². The van der Waals surface area contributed by atoms with Gasteiger partial charge in [-0.25, -0.2) is 0 Å². The molecule has 1 aliphatic carbocycles. The highest BCUT2D eigenvalue weighted by Crippen LogP contribution is 2.30. The third-order valence-corrected chi connectivity index (χ3v) is 3.67. The Morgan fingerprint density at radius 3 is 2.95 bits per heavy atom. The zero-order valence-electron chi connectivity index (χ0n) is 11.6. The molecule has 1 aliphatic rings. The fourth-order valence-corrected chi connectivity index (χ4v) is 2.50. The molecule has 2 N–H and O–H groups in total. The molecule has 0 bridgehead atoms. The Bertz CT molecular complexity index is 634. The number of thiocarbonyl (C=S) groups is 1. The van der Waals surface area contributed by atoms with Gasteiger partial charge in [0, 0.05) is 11.4 Å². The number of hydrogen-bond acceptors (Lipinski definition) is 3. The van der Waals surface area contributed by atoms with Gasteiger partial charge in [0.15, 0.2) is 16.4 Å². The first kappa shape index (κ1) is 13.2. The van der Waals surface area contributed by atoms with Gasteiger partial charge >= 0.3 is 0 Å². The molecule has 0 radical (unpaired) electrons. The summed E-state index contributed by atoms with van der Waals surface area (Å²) in [6.45, 7) is 2.03. The zero-order valence-corrected chi connectivity index (χ0v) is 12.4. The lowest BCUT2D eigenvalue weighted by molar-refractivity contribution is 0.404. The van der Waals surface area contributed by atoms with Crippen molar-refractivity contribution >= 4 is 28.3 Å². The maximum absolute atomic E-state index is 5.90. The number of hydrogen-bond donors (Lipinski definition) is 2. The van der Waals surface area contributed by atoms with E-state index >= 15 is 0 Å². The van der Waals surface area contributed by atoms with Crippen LogP contribution in [0.2, 0.25) is 0 Å². The molecule has 2 aromatic rings. The van der Waals surface area contributed by atoms with E-state index in [1.165, 1.54) is 12.8 Å². The fourth-order valence-electron chi connectivity index (χ4n) is 2.15. The van der Waals surface area contributed by atoms with E-state index in [0.717, 1.165) is 22.5 Å². The monoisotopic (exact) mass is 290 g/mol. The van der Waals surface area contributed by atoms with Crippen LogP contribution in [0.3, 0.4) is 0 Å². The van der Waals surface area contributed by atoms with E-state index in [1.54, 1.807) is 7.11 Å². The van der Waals surface area contributed by atoms with E-state index in [0.29, 0.717) is 11.2 Å². The van der Waals surface area contributed by atoms with Crippen LogP contribution < -0.4 is 15.4 Å². The highest BCUT2D eigenvalue weighted by atomic mass is 32.1. The first-order chi connectivity index (χ1) is 9.67. The minimum absolute atomic E-state index is 0.0193. The summed E-state index contributed by atoms with van der Waals surface area (Å²) in [6.07, 6.45) is 2.41. The van der Waals surface area contributed by atoms with Crippen molar-refractivity contribution in [1.29, 1.82) is 0 Å². The van der Waals surface area contributed by atoms with Gasteiger partial charge in [-0.3, -0.25) is 0 Å². The third kappa shape index (κ3) is 2.72. The number of methoxy groups -OCH3 is 1. The molecule has 0 amide bonds. The van der Waals surface area contributed by atoms with E-state index in [-0.39, 0.29) is 6.04 Å². The van der Waals surface area contributed by atoms with Gasteiger partial charge in [0.2, 0.25) is 0 Å². The first-order valence-electron chi connectivity index (χ1n) is 6.81. The SMILES string of the molecule is COc1cccc2cc([C@@H](C)NC(=S)NC3CC3)oc12. The second-order valence-corrected chi connectivity index (χ2v) is 5.55. The number of benzene rings is 1. The van der Waals surface area contributed by atoms with Gasteiger partial charge in [-0.1, -0.05) is 12.1 Å². The Morgan fingerprint density at radius 1 is 1.45 bits per heavy atom. The van der Waals surface area contributed by atoms with E-state index in [9.17, 15) is 0 Å². The molecule has 1 fully saturated rings. The van der Waals surface area contributed by atoms with Crippen molar-refractivity contribution in [1.82, 2.24) is 10.6 Å². The predicted molar refractivity (Wildman–Crippen MR) is 83.1 cm³/mol. The Hall–Kier alpha value is -1.75. The number of rotatable bonds is 4. The molecule has 1 atom stereocenters. The van der Waals surface area contributed by atoms with Crippen LogP contribution in [-0.4, -0.2) is 18.3 Å². The minimum atomic E-state index is 0.0193. The molecule has 3 rings (SSSR count). The van der Waals surface area contributed by atoms with Crippen LogP contribution in [0.5, 0.6) is 5.75 Å². The smallest absolute Gasteiger partial charge is 0.176 e. The van der Waals surface area contributed by atoms with Crippen LogP contribution in [-0.2, 0) is 0 Å². The molecular formula is C15H18N2O2S. The summed E-state index contributed by atoms with van der Waals surface area (Å²) < 4.78 is 11.2. The molecule has 106 valence electrons. The summed E-state index contributed by atoms with van der Waals surface area (Å²) in [5.41, 5.74) is 0.778. The van der Waals surface area contributed by atoms with Crippen LogP contribution in [0, 0.1) is 0 Å². The maximum atomic E-state index is 5.90. The highest BCUT2D eigenvalue weighted by molar-refractivity contribution is 7.80. The van der Waals surface area contributed by atoms with Crippen molar-refractivity contribution in [3.8, 4) is 5.75 Å². The maximum Gasteiger partial charge on any atom is 0.176 e. The van der Waals surface area contributed by atoms with Crippen LogP contribution in [0.25, 0.3) is 11.0 Å². The first-order valence-corrected chi connectivity index (χ1v) is 7.21. The van der Waals surface area contributed by atoms with Crippen LogP contribution in [0.1, 0.15) is 31.6 Å². The molecule has 1 heterocycles. The molecule has 0 saturated heterocycles. The summed E-state index contributed by atoms with van der Waals surface area (Å²) >= 11 is 5.29. The highest BCUT2D eigenvalue weighted by Gasteiger charge is 2.23. The summed E-state index contributed by atoms with van der Waals surface area (Å²) in [4.78, 5) is 0. The molecule has 20 heavy (non-hydrogen) atoms. The van der Waals surface area contributed by atoms with Crippen LogP contribution >= 0.6 is 12.2 Å². The molecule has 1 aromatic carbocycles. The number of ether oxygens (including phenoxy) is 1. The number of furan rings is 1. The molecular weight excluding hydrogens is 272 g/mol. The molecule has 1 aromatic heterocycles. The topological polar surface area (TPSA) is 46.4 Å². The molecule has 0 aliphatic heterocycles. The number of fused-ring (bicyclic) bond motifs is 1. The number of para-hydroxylation sites is 1. The molecule has 0 unspecified atom stereocenters. The normalized spacial score (nSPS) is 15.9. The van der Waals surface area contributed by atoms with Gasteiger partial charge < -0.3 is 19.8 Å². The van der Waals surface area contributed by atoms with E-state index in [2.05, 4.69) is 10.6 Å². The predicted octanol–water partition coefficient (Wildman–Crippen LogP) is 3.13. The van der Waals surface area contributed by atoms with E-state index in [4.69, 9.17) is 21.4 Å². The lowest BCUT2D eigenvalue weighted by Gasteiger charge is -2.14. The zero-order chi connectivity index (χ0) is 14.1. The average Bonchev–Trinajstić information content (AvgIpc) is 3.12. The summed E-state index contributed by atoms with van der Waals surface area (Å²) in [5, 5.41) is 8.24. The Kier molecular flexibility index (Phi) is 3.53. The van der Waals surface area contributed by atoms with Gasteiger partial charge in [0.25, 0.3) is 0 Å². The van der Waals surface area contributed by atoms with Gasteiger partial charge in [0.05, 0.1) is 13.2 Å². The van der Waals surface area contributed by atoms with Crippen molar-refractivity contribution in [3.63, 3.8) is 0 Å². The fraction of sp³-hybridized carbons (Fsp3) is 0.400. The largest absolute Gasteiger partial charge is 0.493 e. The molecule has 5 heteroatoms. The third-order valence-electron chi connectivity index (χ3n) is 3.43. The Balaban J connectivity index is 1.76. The summed E-state index contributed by atoms with van der Waals surface area (Å²) in [5.74, 6) is 1.60. The average molecular weight is 290 g/mol. The van der Waals surface area contributed by atoms with Gasteiger partial charge in [-0.15, -0.1) is 0 Å². The minimum Gasteiger partial charge on any atom is -0.493 e. The van der Waals surface area contributed by atoms with E-state index < -0.39 is 0 Å². The van der Waals surface area contributed by atoms with Crippen molar-refractivity contribution in [2.24, 2.45) is 0 Å². The van der Waals surface area contributed by atoms with Gasteiger partial charge in [0.1, 0.15) is 5.76 Å². The summed E-state index contributed by atoms with van der Waals surface area (Å²) in [6, 6.07) is 8.46. The second-order valence-electron chi connectivity index (χ2n) is 5.14. The Labute approximate surface area is 123 Å². The van der Waals surface area contributed by atoms with Crippen molar-refractivity contribution in [2.75, 3.05) is 7.11 Å². The molecule has 4 nitrogen and oxygen atoms in total. The van der Waals surface area contributed by atoms with E-state index in [1.807, 2.05) is 31.2 Å². The molecule has 1 saturated carbocycles. The molecule has 0 spiro atoms. The van der Waals surface area contributed by atoms with Gasteiger partial charge in [-0.2, -0.15) is 0 Å². The Morgan fingerprint density at radius 2 is 2.25 bits per heavy atom.